The van der Waals surface area contributed by atoms with Crippen molar-refractivity contribution in [2.24, 2.45) is 5.73 Å². The molecule has 1 aromatic rings. The molecule has 0 aromatic carbocycles. The molecule has 2 unspecified atom stereocenters. The second-order valence-corrected chi connectivity index (χ2v) is 8.08. The lowest BCUT2D eigenvalue weighted by Crippen LogP contribution is -2.39. The average Bonchev–Trinajstić information content (AvgIpc) is 2.88. The van der Waals surface area contributed by atoms with E-state index in [1.165, 1.54) is 0 Å². The normalized spacial score (nSPS) is 24.6. The Morgan fingerprint density at radius 3 is 2.90 bits per heavy atom. The fourth-order valence-electron chi connectivity index (χ4n) is 2.32. The summed E-state index contributed by atoms with van der Waals surface area (Å²) in [5.41, 5.74) is 5.24. The molecule has 2 rings (SSSR count). The highest BCUT2D eigenvalue weighted by Gasteiger charge is 2.36. The zero-order chi connectivity index (χ0) is 15.5. The standard InChI is InChI=1S/C13H23N3O4S/c1-3-7-19-9-13(2,14)12-15-11(20-16-12)10-6-4-5-8-21(10,17)18/h10H,3-9,14H2,1-2H3. The fourth-order valence-corrected chi connectivity index (χ4v) is 4.14. The monoisotopic (exact) mass is 317 g/mol. The van der Waals surface area contributed by atoms with Crippen LogP contribution in [-0.4, -0.2) is 37.5 Å². The number of aromatic nitrogens is 2. The van der Waals surface area contributed by atoms with Crippen molar-refractivity contribution in [1.82, 2.24) is 10.1 Å². The number of hydrogen-bond donors (Lipinski definition) is 1. The van der Waals surface area contributed by atoms with Crippen LogP contribution in [0, 0.1) is 0 Å². The van der Waals surface area contributed by atoms with Crippen LogP contribution >= 0.6 is 0 Å². The summed E-state index contributed by atoms with van der Waals surface area (Å²) in [6.07, 6.45) is 2.96. The number of rotatable bonds is 6. The van der Waals surface area contributed by atoms with Gasteiger partial charge in [-0.05, 0) is 26.2 Å². The van der Waals surface area contributed by atoms with Gasteiger partial charge in [0.05, 0.1) is 12.4 Å². The molecule has 0 amide bonds. The third kappa shape index (κ3) is 3.81. The second-order valence-electron chi connectivity index (χ2n) is 5.78. The number of nitrogens with zero attached hydrogens (tertiary/aromatic N) is 2. The van der Waals surface area contributed by atoms with Crippen LogP contribution in [0.15, 0.2) is 4.52 Å². The molecule has 0 radical (unpaired) electrons. The molecule has 8 heteroatoms. The van der Waals surface area contributed by atoms with Gasteiger partial charge >= 0.3 is 0 Å². The Bertz CT molecular complexity index is 568. The van der Waals surface area contributed by atoms with Gasteiger partial charge in [-0.3, -0.25) is 0 Å². The largest absolute Gasteiger partial charge is 0.379 e. The molecule has 120 valence electrons. The van der Waals surface area contributed by atoms with E-state index >= 15 is 0 Å². The minimum atomic E-state index is -3.20. The summed E-state index contributed by atoms with van der Waals surface area (Å²) in [6.45, 7) is 4.62. The molecule has 1 aliphatic rings. The van der Waals surface area contributed by atoms with Crippen LogP contribution in [0.25, 0.3) is 0 Å². The lowest BCUT2D eigenvalue weighted by atomic mass is 10.1. The van der Waals surface area contributed by atoms with E-state index in [1.807, 2.05) is 6.92 Å². The quantitative estimate of drug-likeness (QED) is 0.788. The van der Waals surface area contributed by atoms with E-state index < -0.39 is 20.6 Å². The predicted octanol–water partition coefficient (Wildman–Crippen LogP) is 1.31. The van der Waals surface area contributed by atoms with Crippen molar-refractivity contribution in [2.45, 2.75) is 50.3 Å². The molecule has 21 heavy (non-hydrogen) atoms. The first-order valence-electron chi connectivity index (χ1n) is 7.29. The average molecular weight is 317 g/mol. The highest BCUT2D eigenvalue weighted by molar-refractivity contribution is 7.91. The molecule has 2 heterocycles. The summed E-state index contributed by atoms with van der Waals surface area (Å²) >= 11 is 0. The molecular weight excluding hydrogens is 294 g/mol. The Morgan fingerprint density at radius 1 is 1.48 bits per heavy atom. The van der Waals surface area contributed by atoms with Crippen molar-refractivity contribution < 1.29 is 17.7 Å². The van der Waals surface area contributed by atoms with Crippen molar-refractivity contribution in [1.29, 1.82) is 0 Å². The molecule has 1 aliphatic heterocycles. The van der Waals surface area contributed by atoms with Crippen molar-refractivity contribution in [3.8, 4) is 0 Å². The maximum Gasteiger partial charge on any atom is 0.245 e. The van der Waals surface area contributed by atoms with Crippen LogP contribution in [0.1, 0.15) is 56.5 Å². The van der Waals surface area contributed by atoms with Gasteiger partial charge in [-0.25, -0.2) is 8.42 Å². The molecular formula is C13H23N3O4S. The third-order valence-electron chi connectivity index (χ3n) is 3.56. The topological polar surface area (TPSA) is 108 Å². The van der Waals surface area contributed by atoms with Crippen LogP contribution in [0.4, 0.5) is 0 Å². The van der Waals surface area contributed by atoms with Crippen LogP contribution in [0.3, 0.4) is 0 Å². The lowest BCUT2D eigenvalue weighted by Gasteiger charge is -2.20. The molecule has 7 nitrogen and oxygen atoms in total. The summed E-state index contributed by atoms with van der Waals surface area (Å²) < 4.78 is 34.7. The number of nitrogens with two attached hydrogens (primary N) is 1. The Morgan fingerprint density at radius 2 is 2.24 bits per heavy atom. The van der Waals surface area contributed by atoms with Gasteiger partial charge in [-0.1, -0.05) is 18.5 Å². The van der Waals surface area contributed by atoms with E-state index in [0.29, 0.717) is 19.4 Å². The molecule has 2 atom stereocenters. The highest BCUT2D eigenvalue weighted by atomic mass is 32.2. The maximum absolute atomic E-state index is 12.1. The van der Waals surface area contributed by atoms with E-state index in [1.54, 1.807) is 6.92 Å². The van der Waals surface area contributed by atoms with Crippen LogP contribution in [0.2, 0.25) is 0 Å². The minimum Gasteiger partial charge on any atom is -0.379 e. The van der Waals surface area contributed by atoms with Gasteiger partial charge in [0.2, 0.25) is 5.89 Å². The van der Waals surface area contributed by atoms with Crippen LogP contribution in [0.5, 0.6) is 0 Å². The van der Waals surface area contributed by atoms with Crippen LogP contribution in [-0.2, 0) is 20.1 Å². The number of ether oxygens (including phenoxy) is 1. The first-order chi connectivity index (χ1) is 9.87. The van der Waals surface area contributed by atoms with E-state index in [0.717, 1.165) is 12.8 Å². The molecule has 0 aliphatic carbocycles. The molecule has 0 saturated carbocycles. The van der Waals surface area contributed by atoms with Crippen molar-refractivity contribution >= 4 is 9.84 Å². The first kappa shape index (κ1) is 16.4. The van der Waals surface area contributed by atoms with Gasteiger partial charge in [0.25, 0.3) is 0 Å². The van der Waals surface area contributed by atoms with Gasteiger partial charge in [0, 0.05) is 6.61 Å². The van der Waals surface area contributed by atoms with Crippen LogP contribution < -0.4 is 5.73 Å². The predicted molar refractivity (Wildman–Crippen MR) is 77.3 cm³/mol. The summed E-state index contributed by atoms with van der Waals surface area (Å²) in [6, 6.07) is 0. The van der Waals surface area contributed by atoms with Gasteiger partial charge in [0.15, 0.2) is 15.7 Å². The Balaban J connectivity index is 2.13. The molecule has 1 fully saturated rings. The first-order valence-corrected chi connectivity index (χ1v) is 9.00. The van der Waals surface area contributed by atoms with E-state index in [4.69, 9.17) is 15.0 Å². The maximum atomic E-state index is 12.1. The zero-order valence-electron chi connectivity index (χ0n) is 12.5. The number of hydrogen-bond acceptors (Lipinski definition) is 7. The van der Waals surface area contributed by atoms with Crippen molar-refractivity contribution in [3.05, 3.63) is 11.7 Å². The Labute approximate surface area is 125 Å². The highest BCUT2D eigenvalue weighted by Crippen LogP contribution is 2.33. The summed E-state index contributed by atoms with van der Waals surface area (Å²) in [5.74, 6) is 0.612. The minimum absolute atomic E-state index is 0.150. The fraction of sp³-hybridized carbons (Fsp3) is 0.846. The molecule has 2 N–H and O–H groups in total. The van der Waals surface area contributed by atoms with E-state index in [2.05, 4.69) is 10.1 Å². The Hall–Kier alpha value is -0.990. The smallest absolute Gasteiger partial charge is 0.245 e. The van der Waals surface area contributed by atoms with Gasteiger partial charge in [-0.2, -0.15) is 4.98 Å². The molecule has 1 saturated heterocycles. The SMILES string of the molecule is CCCOCC(C)(N)c1noc(C2CCCCS2(=O)=O)n1. The van der Waals surface area contributed by atoms with Crippen molar-refractivity contribution in [3.63, 3.8) is 0 Å². The summed E-state index contributed by atoms with van der Waals surface area (Å²) in [5, 5.41) is 3.16. The van der Waals surface area contributed by atoms with Gasteiger partial charge < -0.3 is 15.0 Å². The third-order valence-corrected chi connectivity index (χ3v) is 5.72. The summed E-state index contributed by atoms with van der Waals surface area (Å²) in [4.78, 5) is 4.22. The summed E-state index contributed by atoms with van der Waals surface area (Å²) in [7, 11) is -3.20. The Kier molecular flexibility index (Phi) is 5.00. The van der Waals surface area contributed by atoms with E-state index in [9.17, 15) is 8.42 Å². The molecule has 1 aromatic heterocycles. The molecule has 0 bridgehead atoms. The van der Waals surface area contributed by atoms with Gasteiger partial charge in [-0.15, -0.1) is 0 Å². The van der Waals surface area contributed by atoms with Crippen molar-refractivity contribution in [2.75, 3.05) is 19.0 Å². The second kappa shape index (κ2) is 6.41. The lowest BCUT2D eigenvalue weighted by molar-refractivity contribution is 0.0867. The van der Waals surface area contributed by atoms with E-state index in [-0.39, 0.29) is 24.1 Å². The molecule has 0 spiro atoms. The number of sulfone groups is 1. The zero-order valence-corrected chi connectivity index (χ0v) is 13.4. The van der Waals surface area contributed by atoms with Gasteiger partial charge in [0.1, 0.15) is 10.8 Å².